The van der Waals surface area contributed by atoms with Gasteiger partial charge in [-0.2, -0.15) is 0 Å². The predicted octanol–water partition coefficient (Wildman–Crippen LogP) is 6.49. The number of rotatable bonds is 3. The highest BCUT2D eigenvalue weighted by atomic mass is 35.5. The summed E-state index contributed by atoms with van der Waals surface area (Å²) in [6, 6.07) is 9.13. The molecule has 2 nitrogen and oxygen atoms in total. The van der Waals surface area contributed by atoms with Crippen molar-refractivity contribution in [2.75, 3.05) is 19.7 Å². The summed E-state index contributed by atoms with van der Waals surface area (Å²) in [7, 11) is 0. The molecule has 2 heterocycles. The van der Waals surface area contributed by atoms with Crippen molar-refractivity contribution >= 4 is 11.6 Å². The second kappa shape index (κ2) is 8.43. The van der Waals surface area contributed by atoms with Gasteiger partial charge in [0.1, 0.15) is 0 Å². The fraction of sp³-hybridized carbons (Fsp3) is 0.750. The molecule has 3 aliphatic rings. The van der Waals surface area contributed by atoms with Crippen LogP contribution in [0.2, 0.25) is 5.02 Å². The first-order valence-electron chi connectivity index (χ1n) is 11.2. The van der Waals surface area contributed by atoms with Gasteiger partial charge < -0.3 is 9.64 Å². The maximum absolute atomic E-state index is 6.59. The Kier molecular flexibility index (Phi) is 6.16. The zero-order valence-electron chi connectivity index (χ0n) is 17.1. The molecule has 3 heteroatoms. The minimum absolute atomic E-state index is 0.153. The summed E-state index contributed by atoms with van der Waals surface area (Å²) in [5.74, 6) is 1.17. The molecule has 0 aromatic heterocycles. The van der Waals surface area contributed by atoms with Crippen LogP contribution in [-0.4, -0.2) is 30.6 Å². The molecule has 4 rings (SSSR count). The van der Waals surface area contributed by atoms with E-state index in [2.05, 4.69) is 30.9 Å². The molecule has 2 aliphatic heterocycles. The van der Waals surface area contributed by atoms with E-state index in [9.17, 15) is 0 Å². The van der Waals surface area contributed by atoms with Crippen LogP contribution in [-0.2, 0) is 4.74 Å². The summed E-state index contributed by atoms with van der Waals surface area (Å²) in [4.78, 5) is 2.80. The van der Waals surface area contributed by atoms with Gasteiger partial charge in [-0.15, -0.1) is 0 Å². The van der Waals surface area contributed by atoms with Crippen molar-refractivity contribution in [1.82, 2.24) is 4.90 Å². The summed E-state index contributed by atoms with van der Waals surface area (Å²) in [6.45, 7) is 8.16. The van der Waals surface area contributed by atoms with Gasteiger partial charge in [-0.25, -0.2) is 0 Å². The molecule has 0 N–H and O–H groups in total. The van der Waals surface area contributed by atoms with E-state index < -0.39 is 0 Å². The lowest BCUT2D eigenvalue weighted by Crippen LogP contribution is -2.50. The van der Waals surface area contributed by atoms with Crippen LogP contribution in [0.15, 0.2) is 24.3 Å². The summed E-state index contributed by atoms with van der Waals surface area (Å²) in [5, 5.41) is 0.858. The van der Waals surface area contributed by atoms with Gasteiger partial charge in [0.05, 0.1) is 12.7 Å². The molecule has 1 aliphatic carbocycles. The Balaban J connectivity index is 1.44. The van der Waals surface area contributed by atoms with Crippen LogP contribution in [0.4, 0.5) is 0 Å². The van der Waals surface area contributed by atoms with Crippen molar-refractivity contribution in [3.63, 3.8) is 0 Å². The number of nitrogens with zero attached hydrogens (tertiary/aromatic N) is 1. The van der Waals surface area contributed by atoms with E-state index in [4.69, 9.17) is 16.3 Å². The fourth-order valence-corrected chi connectivity index (χ4v) is 6.07. The van der Waals surface area contributed by atoms with Crippen molar-refractivity contribution in [3.05, 3.63) is 34.9 Å². The normalized spacial score (nSPS) is 30.1. The molecule has 0 unspecified atom stereocenters. The Morgan fingerprint density at radius 2 is 1.78 bits per heavy atom. The predicted molar refractivity (Wildman–Crippen MR) is 113 cm³/mol. The van der Waals surface area contributed by atoms with E-state index in [-0.39, 0.29) is 6.10 Å². The molecule has 2 atom stereocenters. The first-order chi connectivity index (χ1) is 13.1. The molecule has 1 aromatic carbocycles. The molecule has 27 heavy (non-hydrogen) atoms. The number of piperidine rings is 1. The first-order valence-corrected chi connectivity index (χ1v) is 11.6. The van der Waals surface area contributed by atoms with Crippen molar-refractivity contribution in [1.29, 1.82) is 0 Å². The molecule has 0 amide bonds. The molecular weight excluding hydrogens is 354 g/mol. The van der Waals surface area contributed by atoms with E-state index >= 15 is 0 Å². The van der Waals surface area contributed by atoms with Crippen LogP contribution >= 0.6 is 11.6 Å². The first kappa shape index (κ1) is 19.7. The van der Waals surface area contributed by atoms with Crippen LogP contribution in [0.25, 0.3) is 0 Å². The standard InChI is InChI=1S/C24H36ClNO/c1-18(2)21-16-24(17-27-23(21)20-10-6-7-11-22(20)25)12-14-26(15-13-24)19-8-4-3-5-9-19/h6-7,10-11,18-19,21,23H,3-5,8-9,12-17H2,1-2H3/t21-,23-/m1/s1. The Hall–Kier alpha value is -0.570. The number of hydrogen-bond acceptors (Lipinski definition) is 2. The smallest absolute Gasteiger partial charge is 0.0870 e. The molecule has 1 spiro atoms. The van der Waals surface area contributed by atoms with E-state index in [0.717, 1.165) is 17.7 Å². The van der Waals surface area contributed by atoms with Gasteiger partial charge in [-0.1, -0.05) is 62.9 Å². The van der Waals surface area contributed by atoms with E-state index in [0.29, 0.717) is 17.3 Å². The Morgan fingerprint density at radius 3 is 2.44 bits per heavy atom. The maximum atomic E-state index is 6.59. The fourth-order valence-electron chi connectivity index (χ4n) is 5.83. The quantitative estimate of drug-likeness (QED) is 0.585. The van der Waals surface area contributed by atoms with E-state index in [1.54, 1.807) is 0 Å². The number of halogens is 1. The second-order valence-electron chi connectivity index (χ2n) is 9.69. The molecular formula is C24H36ClNO. The van der Waals surface area contributed by atoms with Gasteiger partial charge in [0, 0.05) is 11.1 Å². The van der Waals surface area contributed by atoms with Crippen molar-refractivity contribution in [3.8, 4) is 0 Å². The molecule has 150 valence electrons. The summed E-state index contributed by atoms with van der Waals surface area (Å²) in [6.07, 6.45) is 11.2. The lowest BCUT2D eigenvalue weighted by molar-refractivity contribution is -0.134. The van der Waals surface area contributed by atoms with Crippen LogP contribution in [0.3, 0.4) is 0 Å². The summed E-state index contributed by atoms with van der Waals surface area (Å²) < 4.78 is 6.59. The monoisotopic (exact) mass is 389 g/mol. The molecule has 1 aromatic rings. The molecule has 3 fully saturated rings. The summed E-state index contributed by atoms with van der Waals surface area (Å²) >= 11 is 6.52. The Labute approximate surface area is 170 Å². The Morgan fingerprint density at radius 1 is 1.07 bits per heavy atom. The van der Waals surface area contributed by atoms with Crippen molar-refractivity contribution in [2.24, 2.45) is 17.3 Å². The maximum Gasteiger partial charge on any atom is 0.0870 e. The third-order valence-corrected chi connectivity index (χ3v) is 7.99. The molecule has 1 saturated carbocycles. The topological polar surface area (TPSA) is 12.5 Å². The third-order valence-electron chi connectivity index (χ3n) is 7.64. The summed E-state index contributed by atoms with van der Waals surface area (Å²) in [5.41, 5.74) is 1.57. The largest absolute Gasteiger partial charge is 0.373 e. The van der Waals surface area contributed by atoms with Crippen LogP contribution in [0.5, 0.6) is 0 Å². The van der Waals surface area contributed by atoms with Crippen molar-refractivity contribution < 1.29 is 4.74 Å². The van der Waals surface area contributed by atoms with Crippen LogP contribution in [0.1, 0.15) is 76.9 Å². The lowest BCUT2D eigenvalue weighted by atomic mass is 9.66. The number of ether oxygens (including phenoxy) is 1. The number of benzene rings is 1. The molecule has 0 bridgehead atoms. The number of hydrogen-bond donors (Lipinski definition) is 0. The third kappa shape index (κ3) is 4.23. The molecule has 2 saturated heterocycles. The van der Waals surface area contributed by atoms with Gasteiger partial charge in [-0.3, -0.25) is 0 Å². The van der Waals surface area contributed by atoms with Gasteiger partial charge in [-0.05, 0) is 74.1 Å². The molecule has 0 radical (unpaired) electrons. The highest BCUT2D eigenvalue weighted by molar-refractivity contribution is 6.31. The highest BCUT2D eigenvalue weighted by Gasteiger charge is 2.45. The zero-order valence-corrected chi connectivity index (χ0v) is 17.9. The highest BCUT2D eigenvalue weighted by Crippen LogP contribution is 2.51. The van der Waals surface area contributed by atoms with E-state index in [1.807, 2.05) is 12.1 Å². The van der Waals surface area contributed by atoms with Crippen molar-refractivity contribution in [2.45, 2.75) is 77.4 Å². The van der Waals surface area contributed by atoms with Crippen LogP contribution < -0.4 is 0 Å². The van der Waals surface area contributed by atoms with Gasteiger partial charge in [0.25, 0.3) is 0 Å². The van der Waals surface area contributed by atoms with Gasteiger partial charge in [0.2, 0.25) is 0 Å². The average Bonchev–Trinajstić information content (AvgIpc) is 2.70. The van der Waals surface area contributed by atoms with E-state index in [1.165, 1.54) is 70.0 Å². The zero-order chi connectivity index (χ0) is 18.9. The minimum atomic E-state index is 0.153. The average molecular weight is 390 g/mol. The lowest BCUT2D eigenvalue weighted by Gasteiger charge is -2.51. The Bertz CT molecular complexity index is 617. The van der Waals surface area contributed by atoms with Gasteiger partial charge in [0.15, 0.2) is 0 Å². The van der Waals surface area contributed by atoms with Crippen LogP contribution in [0, 0.1) is 17.3 Å². The van der Waals surface area contributed by atoms with Gasteiger partial charge >= 0.3 is 0 Å². The number of likely N-dealkylation sites (tertiary alicyclic amines) is 1. The minimum Gasteiger partial charge on any atom is -0.373 e. The SMILES string of the molecule is CC(C)[C@H]1CC2(CCN(C3CCCCC3)CC2)CO[C@@H]1c1ccccc1Cl. The second-order valence-corrected chi connectivity index (χ2v) is 10.1.